The summed E-state index contributed by atoms with van der Waals surface area (Å²) in [6, 6.07) is 12.3. The van der Waals surface area contributed by atoms with E-state index in [1.807, 2.05) is 41.9 Å². The lowest BCUT2D eigenvalue weighted by atomic mass is 10.0. The number of methoxy groups -OCH3 is 1. The highest BCUT2D eigenvalue weighted by Gasteiger charge is 2.23. The summed E-state index contributed by atoms with van der Waals surface area (Å²) in [7, 11) is 1.64. The van der Waals surface area contributed by atoms with E-state index in [1.165, 1.54) is 0 Å². The van der Waals surface area contributed by atoms with Crippen molar-refractivity contribution in [3.63, 3.8) is 0 Å². The van der Waals surface area contributed by atoms with Crippen LogP contribution in [-0.4, -0.2) is 41.1 Å². The first kappa shape index (κ1) is 21.1. The first-order chi connectivity index (χ1) is 13.7. The average molecular weight is 416 g/mol. The predicted octanol–water partition coefficient (Wildman–Crippen LogP) is 3.02. The van der Waals surface area contributed by atoms with E-state index in [4.69, 9.17) is 4.74 Å². The molecule has 1 saturated heterocycles. The number of carbonyl (C=O) groups is 1. The van der Waals surface area contributed by atoms with Crippen LogP contribution < -0.4 is 15.4 Å². The van der Waals surface area contributed by atoms with Crippen molar-refractivity contribution in [2.24, 2.45) is 0 Å². The van der Waals surface area contributed by atoms with Gasteiger partial charge in [-0.25, -0.2) is 4.68 Å². The van der Waals surface area contributed by atoms with Gasteiger partial charge in [-0.15, -0.1) is 17.5 Å². The molecule has 154 valence electrons. The van der Waals surface area contributed by atoms with Crippen LogP contribution in [0, 0.1) is 6.92 Å². The largest absolute Gasteiger partial charge is 0.496 e. The van der Waals surface area contributed by atoms with Crippen molar-refractivity contribution < 1.29 is 9.53 Å². The number of ether oxygens (including phenoxy) is 1. The van der Waals surface area contributed by atoms with E-state index in [-0.39, 0.29) is 18.3 Å². The molecular weight excluding hydrogens is 390 g/mol. The Morgan fingerprint density at radius 1 is 1.24 bits per heavy atom. The van der Waals surface area contributed by atoms with Crippen LogP contribution in [0.5, 0.6) is 5.75 Å². The first-order valence-electron chi connectivity index (χ1n) is 9.64. The van der Waals surface area contributed by atoms with Crippen LogP contribution >= 0.6 is 12.4 Å². The molecular formula is C21H26ClN5O2. The molecule has 0 spiro atoms. The molecule has 0 radical (unpaired) electrons. The summed E-state index contributed by atoms with van der Waals surface area (Å²) in [5.74, 6) is 0.543. The minimum absolute atomic E-state index is 0. The molecule has 0 aliphatic carbocycles. The third-order valence-electron chi connectivity index (χ3n) is 5.44. The normalized spacial score (nSPS) is 14.4. The van der Waals surface area contributed by atoms with E-state index in [0.29, 0.717) is 18.3 Å². The minimum atomic E-state index is -0.215. The van der Waals surface area contributed by atoms with E-state index in [1.54, 1.807) is 7.11 Å². The predicted molar refractivity (Wildman–Crippen MR) is 115 cm³/mol. The number of fused-ring (bicyclic) bond motifs is 1. The van der Waals surface area contributed by atoms with Gasteiger partial charge in [0.25, 0.3) is 5.91 Å². The number of hydrogen-bond donors (Lipinski definition) is 2. The molecule has 0 atom stereocenters. The second kappa shape index (κ2) is 9.24. The molecule has 1 amide bonds. The SMILES string of the molecule is COc1ccc2ccccc2c1CNC(=O)c1nnn(C2CCNCC2)c1C.Cl. The maximum absolute atomic E-state index is 12.8. The molecule has 0 saturated carbocycles. The third kappa shape index (κ3) is 4.21. The highest BCUT2D eigenvalue weighted by atomic mass is 35.5. The second-order valence-corrected chi connectivity index (χ2v) is 7.10. The topological polar surface area (TPSA) is 81.1 Å². The molecule has 7 nitrogen and oxygen atoms in total. The van der Waals surface area contributed by atoms with Crippen LogP contribution in [0.15, 0.2) is 36.4 Å². The zero-order valence-electron chi connectivity index (χ0n) is 16.6. The van der Waals surface area contributed by atoms with Gasteiger partial charge in [0.2, 0.25) is 0 Å². The van der Waals surface area contributed by atoms with Gasteiger partial charge in [0.1, 0.15) is 5.75 Å². The lowest BCUT2D eigenvalue weighted by Gasteiger charge is -2.23. The van der Waals surface area contributed by atoms with E-state index in [0.717, 1.165) is 53.7 Å². The molecule has 8 heteroatoms. The van der Waals surface area contributed by atoms with Crippen LogP contribution in [0.3, 0.4) is 0 Å². The molecule has 2 N–H and O–H groups in total. The summed E-state index contributed by atoms with van der Waals surface area (Å²) in [6.07, 6.45) is 2.00. The van der Waals surface area contributed by atoms with Gasteiger partial charge in [-0.1, -0.05) is 35.5 Å². The number of carbonyl (C=O) groups excluding carboxylic acids is 1. The minimum Gasteiger partial charge on any atom is -0.496 e. The third-order valence-corrected chi connectivity index (χ3v) is 5.44. The molecule has 1 aromatic heterocycles. The summed E-state index contributed by atoms with van der Waals surface area (Å²) in [5, 5.41) is 16.9. The van der Waals surface area contributed by atoms with Crippen molar-refractivity contribution in [3.8, 4) is 5.75 Å². The molecule has 2 heterocycles. The Morgan fingerprint density at radius 2 is 2.00 bits per heavy atom. The quantitative estimate of drug-likeness (QED) is 0.669. The van der Waals surface area contributed by atoms with Crippen LogP contribution in [0.1, 0.15) is 40.6 Å². The Morgan fingerprint density at radius 3 is 2.76 bits per heavy atom. The number of rotatable bonds is 5. The smallest absolute Gasteiger partial charge is 0.274 e. The summed E-state index contributed by atoms with van der Waals surface area (Å²) in [4.78, 5) is 12.8. The maximum Gasteiger partial charge on any atom is 0.274 e. The van der Waals surface area contributed by atoms with Gasteiger partial charge >= 0.3 is 0 Å². The number of piperidine rings is 1. The summed E-state index contributed by atoms with van der Waals surface area (Å²) < 4.78 is 7.41. The molecule has 0 unspecified atom stereocenters. The summed E-state index contributed by atoms with van der Waals surface area (Å²) >= 11 is 0. The number of nitrogens with zero attached hydrogens (tertiary/aromatic N) is 3. The van der Waals surface area contributed by atoms with Crippen molar-refractivity contribution >= 4 is 29.1 Å². The summed E-state index contributed by atoms with van der Waals surface area (Å²) in [6.45, 7) is 4.21. The van der Waals surface area contributed by atoms with Crippen molar-refractivity contribution in [2.45, 2.75) is 32.4 Å². The monoisotopic (exact) mass is 415 g/mol. The van der Waals surface area contributed by atoms with Gasteiger partial charge in [0.15, 0.2) is 5.69 Å². The second-order valence-electron chi connectivity index (χ2n) is 7.10. The molecule has 1 aliphatic heterocycles. The number of nitrogens with one attached hydrogen (secondary N) is 2. The van der Waals surface area contributed by atoms with Crippen LogP contribution in [-0.2, 0) is 6.54 Å². The van der Waals surface area contributed by atoms with Crippen LogP contribution in [0.2, 0.25) is 0 Å². The molecule has 0 bridgehead atoms. The van der Waals surface area contributed by atoms with Gasteiger partial charge in [0, 0.05) is 12.1 Å². The van der Waals surface area contributed by atoms with E-state index >= 15 is 0 Å². The summed E-state index contributed by atoms with van der Waals surface area (Å²) in [5.41, 5.74) is 2.16. The molecule has 1 aliphatic rings. The number of benzene rings is 2. The number of aromatic nitrogens is 3. The number of halogens is 1. The Bertz CT molecular complexity index is 998. The van der Waals surface area contributed by atoms with Gasteiger partial charge in [0.05, 0.1) is 18.8 Å². The average Bonchev–Trinajstić information content (AvgIpc) is 3.13. The Hall–Kier alpha value is -2.64. The van der Waals surface area contributed by atoms with Gasteiger partial charge in [-0.3, -0.25) is 4.79 Å². The fourth-order valence-corrected chi connectivity index (χ4v) is 3.89. The molecule has 4 rings (SSSR count). The standard InChI is InChI=1S/C21H25N5O2.ClH/c1-14-20(24-25-26(14)16-9-11-22-12-10-16)21(27)23-13-18-17-6-4-3-5-15(17)7-8-19(18)28-2;/h3-8,16,22H,9-13H2,1-2H3,(H,23,27);1H. The Kier molecular flexibility index (Phi) is 6.71. The lowest BCUT2D eigenvalue weighted by molar-refractivity contribution is 0.0945. The maximum atomic E-state index is 12.8. The van der Waals surface area contributed by atoms with Gasteiger partial charge < -0.3 is 15.4 Å². The van der Waals surface area contributed by atoms with E-state index in [2.05, 4.69) is 27.0 Å². The van der Waals surface area contributed by atoms with Crippen LogP contribution in [0.25, 0.3) is 10.8 Å². The fourth-order valence-electron chi connectivity index (χ4n) is 3.89. The Balaban J connectivity index is 0.00000240. The molecule has 3 aromatic rings. The molecule has 2 aromatic carbocycles. The Labute approximate surface area is 176 Å². The van der Waals surface area contributed by atoms with Gasteiger partial charge in [-0.05, 0) is 49.7 Å². The number of amides is 1. The molecule has 29 heavy (non-hydrogen) atoms. The van der Waals surface area contributed by atoms with E-state index < -0.39 is 0 Å². The fraction of sp³-hybridized carbons (Fsp3) is 0.381. The highest BCUT2D eigenvalue weighted by Crippen LogP contribution is 2.28. The van der Waals surface area contributed by atoms with Crippen molar-refractivity contribution in [3.05, 3.63) is 53.3 Å². The molecule has 1 fully saturated rings. The number of hydrogen-bond acceptors (Lipinski definition) is 5. The zero-order chi connectivity index (χ0) is 19.5. The van der Waals surface area contributed by atoms with Crippen molar-refractivity contribution in [1.82, 2.24) is 25.6 Å². The van der Waals surface area contributed by atoms with Gasteiger partial charge in [-0.2, -0.15) is 0 Å². The van der Waals surface area contributed by atoms with Crippen LogP contribution in [0.4, 0.5) is 0 Å². The zero-order valence-corrected chi connectivity index (χ0v) is 17.5. The van der Waals surface area contributed by atoms with Crippen molar-refractivity contribution in [2.75, 3.05) is 20.2 Å². The first-order valence-corrected chi connectivity index (χ1v) is 9.64. The lowest BCUT2D eigenvalue weighted by Crippen LogP contribution is -2.30. The van der Waals surface area contributed by atoms with Crippen molar-refractivity contribution in [1.29, 1.82) is 0 Å². The van der Waals surface area contributed by atoms with E-state index in [9.17, 15) is 4.79 Å². The highest BCUT2D eigenvalue weighted by molar-refractivity contribution is 5.94.